The quantitative estimate of drug-likeness (QED) is 0.593. The van der Waals surface area contributed by atoms with E-state index in [1.54, 1.807) is 0 Å². The van der Waals surface area contributed by atoms with Crippen LogP contribution in [0.1, 0.15) is 37.8 Å². The molecule has 0 aliphatic carbocycles. The lowest BCUT2D eigenvalue weighted by molar-refractivity contribution is -0.115. The van der Waals surface area contributed by atoms with Gasteiger partial charge in [-0.1, -0.05) is 43.7 Å². The first-order valence-electron chi connectivity index (χ1n) is 10.3. The number of aromatic nitrogens is 1. The predicted octanol–water partition coefficient (Wildman–Crippen LogP) is 4.98. The molecule has 0 spiro atoms. The van der Waals surface area contributed by atoms with Gasteiger partial charge in [0.05, 0.1) is 6.42 Å². The maximum atomic E-state index is 12.6. The molecule has 1 aromatic carbocycles. The van der Waals surface area contributed by atoms with Crippen LogP contribution >= 0.6 is 15.9 Å². The summed E-state index contributed by atoms with van der Waals surface area (Å²) in [7, 11) is 0. The molecule has 156 valence electrons. The second-order valence-electron chi connectivity index (χ2n) is 8.14. The van der Waals surface area contributed by atoms with Crippen LogP contribution in [-0.4, -0.2) is 36.7 Å². The zero-order valence-corrected chi connectivity index (χ0v) is 19.0. The van der Waals surface area contributed by atoms with Crippen molar-refractivity contribution in [3.63, 3.8) is 0 Å². The molecule has 2 aromatic rings. The Morgan fingerprint density at radius 3 is 2.59 bits per heavy atom. The minimum Gasteiger partial charge on any atom is -0.381 e. The van der Waals surface area contributed by atoms with Crippen molar-refractivity contribution in [2.75, 3.05) is 30.0 Å². The molecule has 1 aliphatic rings. The molecule has 1 amide bonds. The Kier molecular flexibility index (Phi) is 7.67. The Balaban J connectivity index is 1.76. The summed E-state index contributed by atoms with van der Waals surface area (Å²) < 4.78 is 6.26. The van der Waals surface area contributed by atoms with Gasteiger partial charge in [0.25, 0.3) is 0 Å². The Hall–Kier alpha value is -1.92. The number of nitrogens with zero attached hydrogens (tertiary/aromatic N) is 2. The summed E-state index contributed by atoms with van der Waals surface area (Å²) in [6.07, 6.45) is 2.34. The molecule has 0 bridgehead atoms. The lowest BCUT2D eigenvalue weighted by Gasteiger charge is -2.36. The fourth-order valence-corrected chi connectivity index (χ4v) is 4.05. The molecule has 0 atom stereocenters. The number of halogens is 1. The number of aryl methyl sites for hydroxylation is 1. The molecular formula is C23H30BrN3O2. The maximum absolute atomic E-state index is 12.6. The minimum absolute atomic E-state index is 0.0284. The van der Waals surface area contributed by atoms with Crippen molar-refractivity contribution in [3.05, 3.63) is 52.1 Å². The first-order chi connectivity index (χ1) is 13.9. The highest BCUT2D eigenvalue weighted by Gasteiger charge is 2.24. The van der Waals surface area contributed by atoms with Crippen LogP contribution in [0.2, 0.25) is 0 Å². The van der Waals surface area contributed by atoms with E-state index in [1.165, 1.54) is 5.56 Å². The Labute approximate surface area is 182 Å². The highest BCUT2D eigenvalue weighted by atomic mass is 79.9. The van der Waals surface area contributed by atoms with Gasteiger partial charge in [0.1, 0.15) is 10.4 Å². The zero-order valence-electron chi connectivity index (χ0n) is 17.5. The summed E-state index contributed by atoms with van der Waals surface area (Å²) in [5.74, 6) is 1.38. The maximum Gasteiger partial charge on any atom is 0.228 e. The van der Waals surface area contributed by atoms with Crippen LogP contribution in [-0.2, 0) is 16.0 Å². The lowest BCUT2D eigenvalue weighted by Crippen LogP contribution is -2.42. The minimum atomic E-state index is -0.0284. The number of carbonyl (C=O) groups is 1. The molecule has 29 heavy (non-hydrogen) atoms. The van der Waals surface area contributed by atoms with Crippen molar-refractivity contribution < 1.29 is 9.53 Å². The topological polar surface area (TPSA) is 54.5 Å². The second-order valence-corrected chi connectivity index (χ2v) is 8.95. The van der Waals surface area contributed by atoms with E-state index < -0.39 is 0 Å². The molecule has 1 aromatic heterocycles. The summed E-state index contributed by atoms with van der Waals surface area (Å²) >= 11 is 3.52. The van der Waals surface area contributed by atoms with Gasteiger partial charge in [-0.25, -0.2) is 4.98 Å². The third-order valence-electron chi connectivity index (χ3n) is 5.04. The zero-order chi connectivity index (χ0) is 20.8. The number of benzene rings is 1. The van der Waals surface area contributed by atoms with E-state index >= 15 is 0 Å². The number of hydrogen-bond acceptors (Lipinski definition) is 4. The van der Waals surface area contributed by atoms with Gasteiger partial charge in [0.15, 0.2) is 0 Å². The number of amides is 1. The number of pyridine rings is 1. The largest absolute Gasteiger partial charge is 0.381 e. The van der Waals surface area contributed by atoms with Crippen LogP contribution in [0.4, 0.5) is 11.5 Å². The van der Waals surface area contributed by atoms with Crippen molar-refractivity contribution in [2.24, 2.45) is 5.92 Å². The molecule has 2 heterocycles. The second kappa shape index (κ2) is 10.2. The Morgan fingerprint density at radius 1 is 1.24 bits per heavy atom. The first kappa shape index (κ1) is 21.8. The standard InChI is InChI=1S/C23H30BrN3O2/c1-16(2)15-27(20-8-10-29-11-9-20)22-14-19(13-21(24)26-22)25-23(28)12-18-6-4-17(3)5-7-18/h4-7,13-14,16,20H,8-12,15H2,1-3H3,(H,25,26,28). The highest BCUT2D eigenvalue weighted by molar-refractivity contribution is 9.10. The van der Waals surface area contributed by atoms with E-state index in [4.69, 9.17) is 9.72 Å². The number of carbonyl (C=O) groups excluding carboxylic acids is 1. The van der Waals surface area contributed by atoms with E-state index in [9.17, 15) is 4.79 Å². The number of ether oxygens (including phenoxy) is 1. The summed E-state index contributed by atoms with van der Waals surface area (Å²) in [5.41, 5.74) is 2.96. The van der Waals surface area contributed by atoms with Gasteiger partial charge in [-0.2, -0.15) is 0 Å². The van der Waals surface area contributed by atoms with Crippen LogP contribution in [0.5, 0.6) is 0 Å². The van der Waals surface area contributed by atoms with Gasteiger partial charge in [-0.15, -0.1) is 0 Å². The molecule has 3 rings (SSSR count). The summed E-state index contributed by atoms with van der Waals surface area (Å²) in [4.78, 5) is 19.6. The number of hydrogen-bond donors (Lipinski definition) is 1. The molecular weight excluding hydrogens is 430 g/mol. The average Bonchev–Trinajstić information content (AvgIpc) is 2.68. The molecule has 1 saturated heterocycles. The van der Waals surface area contributed by atoms with Crippen molar-refractivity contribution in [1.29, 1.82) is 0 Å². The Bertz CT molecular complexity index is 817. The smallest absolute Gasteiger partial charge is 0.228 e. The fourth-order valence-electron chi connectivity index (χ4n) is 3.62. The number of anilines is 2. The number of nitrogens with one attached hydrogen (secondary N) is 1. The van der Waals surface area contributed by atoms with Gasteiger partial charge in [-0.3, -0.25) is 4.79 Å². The normalized spacial score (nSPS) is 14.8. The lowest BCUT2D eigenvalue weighted by atomic mass is 10.0. The Morgan fingerprint density at radius 2 is 1.93 bits per heavy atom. The molecule has 0 saturated carbocycles. The third kappa shape index (κ3) is 6.54. The van der Waals surface area contributed by atoms with Gasteiger partial charge < -0.3 is 15.0 Å². The monoisotopic (exact) mass is 459 g/mol. The molecule has 6 heteroatoms. The van der Waals surface area contributed by atoms with E-state index in [2.05, 4.69) is 40.0 Å². The average molecular weight is 460 g/mol. The third-order valence-corrected chi connectivity index (χ3v) is 5.44. The van der Waals surface area contributed by atoms with Crippen LogP contribution in [0.3, 0.4) is 0 Å². The predicted molar refractivity (Wildman–Crippen MR) is 121 cm³/mol. The molecule has 0 unspecified atom stereocenters. The van der Waals surface area contributed by atoms with Crippen molar-refractivity contribution in [2.45, 2.75) is 46.1 Å². The van der Waals surface area contributed by atoms with E-state index in [0.29, 0.717) is 18.4 Å². The number of rotatable bonds is 7. The van der Waals surface area contributed by atoms with E-state index in [0.717, 1.165) is 54.3 Å². The molecule has 0 radical (unpaired) electrons. The highest BCUT2D eigenvalue weighted by Crippen LogP contribution is 2.27. The van der Waals surface area contributed by atoms with Gasteiger partial charge >= 0.3 is 0 Å². The summed E-state index contributed by atoms with van der Waals surface area (Å²) in [6, 6.07) is 12.3. The van der Waals surface area contributed by atoms with Gasteiger partial charge in [0.2, 0.25) is 5.91 Å². The molecule has 1 fully saturated rings. The van der Waals surface area contributed by atoms with Gasteiger partial charge in [0, 0.05) is 37.6 Å². The van der Waals surface area contributed by atoms with Crippen LogP contribution in [0, 0.1) is 12.8 Å². The summed E-state index contributed by atoms with van der Waals surface area (Å²) in [5, 5.41) is 3.04. The van der Waals surface area contributed by atoms with Crippen molar-refractivity contribution >= 4 is 33.3 Å². The first-order valence-corrected chi connectivity index (χ1v) is 11.1. The molecule has 1 aliphatic heterocycles. The van der Waals surface area contributed by atoms with Crippen LogP contribution in [0.25, 0.3) is 0 Å². The fraction of sp³-hybridized carbons (Fsp3) is 0.478. The van der Waals surface area contributed by atoms with Crippen molar-refractivity contribution in [1.82, 2.24) is 4.98 Å². The van der Waals surface area contributed by atoms with E-state index in [1.807, 2.05) is 43.3 Å². The van der Waals surface area contributed by atoms with Crippen LogP contribution in [0.15, 0.2) is 41.0 Å². The molecule has 1 N–H and O–H groups in total. The van der Waals surface area contributed by atoms with Gasteiger partial charge in [-0.05, 0) is 53.2 Å². The molecule has 5 nitrogen and oxygen atoms in total. The van der Waals surface area contributed by atoms with Crippen molar-refractivity contribution in [3.8, 4) is 0 Å². The summed E-state index contributed by atoms with van der Waals surface area (Å²) in [6.45, 7) is 8.97. The van der Waals surface area contributed by atoms with Crippen LogP contribution < -0.4 is 10.2 Å². The van der Waals surface area contributed by atoms with E-state index in [-0.39, 0.29) is 5.91 Å². The SMILES string of the molecule is Cc1ccc(CC(=O)Nc2cc(Br)nc(N(CC(C)C)C3CCOCC3)c2)cc1.